The van der Waals surface area contributed by atoms with Gasteiger partial charge in [-0.25, -0.2) is 9.59 Å². The summed E-state index contributed by atoms with van der Waals surface area (Å²) in [4.78, 5) is 44.8. The molecule has 2 aromatic carbocycles. The van der Waals surface area contributed by atoms with Crippen molar-refractivity contribution in [2.75, 3.05) is 10.6 Å². The molecule has 1 aliphatic rings. The van der Waals surface area contributed by atoms with E-state index in [-0.39, 0.29) is 5.41 Å². The number of carboxylic acid groups (broad SMARTS) is 2. The first-order valence-corrected chi connectivity index (χ1v) is 10.9. The van der Waals surface area contributed by atoms with Gasteiger partial charge < -0.3 is 20.8 Å². The summed E-state index contributed by atoms with van der Waals surface area (Å²) >= 11 is 0. The minimum Gasteiger partial charge on any atom is -0.478 e. The highest BCUT2D eigenvalue weighted by molar-refractivity contribution is 6.03. The number of carbonyl (C=O) groups excluding carboxylic acids is 2. The molecule has 4 N–H and O–H groups in total. The lowest BCUT2D eigenvalue weighted by Crippen LogP contribution is -2.30. The quantitative estimate of drug-likeness (QED) is 0.437. The van der Waals surface area contributed by atoms with E-state index in [4.69, 9.17) is 10.2 Å². The monoisotopic (exact) mass is 462 g/mol. The fourth-order valence-corrected chi connectivity index (χ4v) is 4.31. The lowest BCUT2D eigenvalue weighted by Gasteiger charge is -2.39. The number of carbonyl (C=O) groups is 4. The number of hydrogen-bond donors (Lipinski definition) is 4. The fourth-order valence-electron chi connectivity index (χ4n) is 4.31. The van der Waals surface area contributed by atoms with Crippen molar-refractivity contribution >= 4 is 35.1 Å². The average Bonchev–Trinajstić information content (AvgIpc) is 2.83. The molecular weight excluding hydrogens is 436 g/mol. The second-order valence-electron chi connectivity index (χ2n) is 8.12. The van der Waals surface area contributed by atoms with E-state index in [1.165, 1.54) is 0 Å². The molecule has 0 unspecified atom stereocenters. The molecule has 0 saturated heterocycles. The van der Waals surface area contributed by atoms with Gasteiger partial charge in [-0.05, 0) is 48.2 Å². The van der Waals surface area contributed by atoms with E-state index in [0.29, 0.717) is 11.4 Å². The Morgan fingerprint density at radius 2 is 1.00 bits per heavy atom. The van der Waals surface area contributed by atoms with Crippen molar-refractivity contribution in [2.45, 2.75) is 37.5 Å². The Balaban J connectivity index is 1.79. The zero-order chi connectivity index (χ0) is 24.6. The fraction of sp³-hybridized carbons (Fsp3) is 0.231. The molecule has 1 aliphatic carbocycles. The molecular formula is C26H26N2O6. The third-order valence-corrected chi connectivity index (χ3v) is 5.87. The van der Waals surface area contributed by atoms with Gasteiger partial charge >= 0.3 is 11.9 Å². The lowest BCUT2D eigenvalue weighted by molar-refractivity contribution is -0.132. The van der Waals surface area contributed by atoms with Crippen LogP contribution in [0.1, 0.15) is 43.2 Å². The van der Waals surface area contributed by atoms with Gasteiger partial charge in [0.2, 0.25) is 11.8 Å². The number of hydrogen-bond acceptors (Lipinski definition) is 4. The van der Waals surface area contributed by atoms with E-state index in [1.54, 1.807) is 0 Å². The van der Waals surface area contributed by atoms with Crippen LogP contribution in [0.15, 0.2) is 72.8 Å². The third-order valence-electron chi connectivity index (χ3n) is 5.87. The van der Waals surface area contributed by atoms with Crippen LogP contribution in [0.2, 0.25) is 0 Å². The van der Waals surface area contributed by atoms with E-state index >= 15 is 0 Å². The van der Waals surface area contributed by atoms with Crippen LogP contribution in [-0.4, -0.2) is 34.0 Å². The van der Waals surface area contributed by atoms with Gasteiger partial charge in [-0.3, -0.25) is 9.59 Å². The Labute approximate surface area is 197 Å². The molecule has 0 aromatic heterocycles. The Bertz CT molecular complexity index is 1030. The Morgan fingerprint density at radius 1 is 0.618 bits per heavy atom. The molecule has 2 amide bonds. The Hall–Kier alpha value is -4.20. The summed E-state index contributed by atoms with van der Waals surface area (Å²) in [5.74, 6) is -3.41. The number of carboxylic acids is 2. The average molecular weight is 463 g/mol. The van der Waals surface area contributed by atoms with Crippen LogP contribution in [0.5, 0.6) is 0 Å². The van der Waals surface area contributed by atoms with Crippen molar-refractivity contribution in [1.82, 2.24) is 0 Å². The summed E-state index contributed by atoms with van der Waals surface area (Å²) < 4.78 is 0. The molecule has 0 spiro atoms. The molecule has 8 heteroatoms. The van der Waals surface area contributed by atoms with Crippen LogP contribution in [0, 0.1) is 0 Å². The number of amides is 2. The molecule has 0 aliphatic heterocycles. The van der Waals surface area contributed by atoms with Gasteiger partial charge in [-0.1, -0.05) is 43.5 Å². The summed E-state index contributed by atoms with van der Waals surface area (Å²) in [5.41, 5.74) is 3.18. The highest BCUT2D eigenvalue weighted by Gasteiger charge is 2.35. The Kier molecular flexibility index (Phi) is 7.97. The standard InChI is InChI=1S/C26H26N2O6/c29-22(12-14-24(31)32)27-20-8-4-18(5-9-20)26(16-2-1-3-17-26)19-6-10-21(11-7-19)28-23(30)13-15-25(33)34/h4-15H,1-3,16-17H2,(H,27,29)(H,28,30)(H,31,32)(H,33,34)/b14-12+,15-13+. The maximum atomic E-state index is 11.8. The van der Waals surface area contributed by atoms with Crippen molar-refractivity contribution < 1.29 is 29.4 Å². The summed E-state index contributed by atoms with van der Waals surface area (Å²) in [5, 5.41) is 22.6. The van der Waals surface area contributed by atoms with Gasteiger partial charge in [0.15, 0.2) is 0 Å². The second kappa shape index (κ2) is 11.1. The van der Waals surface area contributed by atoms with Gasteiger partial charge in [0.25, 0.3) is 0 Å². The van der Waals surface area contributed by atoms with Crippen molar-refractivity contribution in [3.8, 4) is 0 Å². The van der Waals surface area contributed by atoms with Crippen LogP contribution in [-0.2, 0) is 24.6 Å². The molecule has 0 atom stereocenters. The molecule has 8 nitrogen and oxygen atoms in total. The number of anilines is 2. The highest BCUT2D eigenvalue weighted by atomic mass is 16.4. The highest BCUT2D eigenvalue weighted by Crippen LogP contribution is 2.45. The van der Waals surface area contributed by atoms with E-state index in [2.05, 4.69) is 10.6 Å². The minimum absolute atomic E-state index is 0.199. The van der Waals surface area contributed by atoms with E-state index < -0.39 is 23.8 Å². The minimum atomic E-state index is -1.19. The predicted molar refractivity (Wildman–Crippen MR) is 128 cm³/mol. The molecule has 176 valence electrons. The molecule has 0 radical (unpaired) electrons. The number of nitrogens with one attached hydrogen (secondary N) is 2. The molecule has 1 saturated carbocycles. The van der Waals surface area contributed by atoms with Crippen LogP contribution in [0.3, 0.4) is 0 Å². The number of rotatable bonds is 8. The van der Waals surface area contributed by atoms with Crippen molar-refractivity contribution in [1.29, 1.82) is 0 Å². The van der Waals surface area contributed by atoms with Crippen LogP contribution < -0.4 is 10.6 Å². The summed E-state index contributed by atoms with van der Waals surface area (Å²) in [6, 6.07) is 15.2. The van der Waals surface area contributed by atoms with E-state index in [0.717, 1.165) is 67.5 Å². The summed E-state index contributed by atoms with van der Waals surface area (Å²) in [7, 11) is 0. The van der Waals surface area contributed by atoms with Gasteiger partial charge in [0, 0.05) is 41.1 Å². The SMILES string of the molecule is O=C(O)/C=C/C(=O)Nc1ccc(C2(c3ccc(NC(=O)/C=C/C(=O)O)cc3)CCCCC2)cc1. The second-order valence-corrected chi connectivity index (χ2v) is 8.12. The van der Waals surface area contributed by atoms with Gasteiger partial charge in [-0.2, -0.15) is 0 Å². The van der Waals surface area contributed by atoms with Gasteiger partial charge in [0.05, 0.1) is 0 Å². The van der Waals surface area contributed by atoms with E-state index in [9.17, 15) is 19.2 Å². The zero-order valence-electron chi connectivity index (χ0n) is 18.5. The summed E-state index contributed by atoms with van der Waals surface area (Å²) in [6.45, 7) is 0. The first kappa shape index (κ1) is 24.4. The maximum absolute atomic E-state index is 11.8. The predicted octanol–water partition coefficient (Wildman–Crippen LogP) is 4.10. The molecule has 3 rings (SSSR count). The van der Waals surface area contributed by atoms with Crippen molar-refractivity contribution in [3.63, 3.8) is 0 Å². The first-order valence-electron chi connectivity index (χ1n) is 10.9. The first-order chi connectivity index (χ1) is 16.3. The van der Waals surface area contributed by atoms with Crippen molar-refractivity contribution in [3.05, 3.63) is 84.0 Å². The van der Waals surface area contributed by atoms with Crippen molar-refractivity contribution in [2.24, 2.45) is 0 Å². The summed E-state index contributed by atoms with van der Waals surface area (Å²) in [6.07, 6.45) is 8.77. The largest absolute Gasteiger partial charge is 0.478 e. The normalized spacial score (nSPS) is 15.2. The third kappa shape index (κ3) is 6.41. The van der Waals surface area contributed by atoms with Crippen LogP contribution in [0.25, 0.3) is 0 Å². The zero-order valence-corrected chi connectivity index (χ0v) is 18.5. The lowest BCUT2D eigenvalue weighted by atomic mass is 9.65. The smallest absolute Gasteiger partial charge is 0.328 e. The molecule has 0 bridgehead atoms. The molecule has 1 fully saturated rings. The molecule has 0 heterocycles. The van der Waals surface area contributed by atoms with Gasteiger partial charge in [-0.15, -0.1) is 0 Å². The number of aliphatic carboxylic acids is 2. The molecule has 2 aromatic rings. The topological polar surface area (TPSA) is 133 Å². The number of benzene rings is 2. The van der Waals surface area contributed by atoms with Gasteiger partial charge in [0.1, 0.15) is 0 Å². The van der Waals surface area contributed by atoms with Crippen LogP contribution >= 0.6 is 0 Å². The maximum Gasteiger partial charge on any atom is 0.328 e. The molecule has 34 heavy (non-hydrogen) atoms. The van der Waals surface area contributed by atoms with E-state index in [1.807, 2.05) is 48.5 Å². The van der Waals surface area contributed by atoms with Crippen LogP contribution in [0.4, 0.5) is 11.4 Å². The Morgan fingerprint density at radius 3 is 1.35 bits per heavy atom.